The van der Waals surface area contributed by atoms with Gasteiger partial charge in [-0.25, -0.2) is 0 Å². The molecule has 0 amide bonds. The highest BCUT2D eigenvalue weighted by molar-refractivity contribution is 5.37. The first-order valence-corrected chi connectivity index (χ1v) is 4.28. The Balaban J connectivity index is 2.89. The van der Waals surface area contributed by atoms with Gasteiger partial charge in [0.15, 0.2) is 0 Å². The summed E-state index contributed by atoms with van der Waals surface area (Å²) in [6, 6.07) is 8.15. The summed E-state index contributed by atoms with van der Waals surface area (Å²) >= 11 is 0. The van der Waals surface area contributed by atoms with Crippen LogP contribution in [0.3, 0.4) is 0 Å². The summed E-state index contributed by atoms with van der Waals surface area (Å²) in [7, 11) is 1.65. The monoisotopic (exact) mass is 175 g/mol. The lowest BCUT2D eigenvalue weighted by atomic mass is 10.1. The number of nitrogens with zero attached hydrogens (tertiary/aromatic N) is 1. The SMILES string of the molecule is COc1ccc(C)cc1CCC#N. The molecule has 0 saturated carbocycles. The van der Waals surface area contributed by atoms with Crippen molar-refractivity contribution >= 4 is 0 Å². The molecule has 0 radical (unpaired) electrons. The maximum atomic E-state index is 8.47. The number of ether oxygens (including phenoxy) is 1. The Labute approximate surface area is 78.8 Å². The van der Waals surface area contributed by atoms with Gasteiger partial charge in [0.2, 0.25) is 0 Å². The van der Waals surface area contributed by atoms with Gasteiger partial charge in [-0.05, 0) is 25.0 Å². The Morgan fingerprint density at radius 2 is 2.23 bits per heavy atom. The van der Waals surface area contributed by atoms with E-state index in [1.807, 2.05) is 19.1 Å². The summed E-state index contributed by atoms with van der Waals surface area (Å²) in [4.78, 5) is 0. The van der Waals surface area contributed by atoms with Crippen LogP contribution in [0.15, 0.2) is 18.2 Å². The lowest BCUT2D eigenvalue weighted by Crippen LogP contribution is -1.92. The molecule has 0 N–H and O–H groups in total. The molecule has 0 bridgehead atoms. The molecule has 0 aromatic heterocycles. The molecule has 2 nitrogen and oxygen atoms in total. The summed E-state index contributed by atoms with van der Waals surface area (Å²) in [6.07, 6.45) is 1.31. The highest BCUT2D eigenvalue weighted by atomic mass is 16.5. The van der Waals surface area contributed by atoms with Gasteiger partial charge in [-0.15, -0.1) is 0 Å². The van der Waals surface area contributed by atoms with Crippen LogP contribution in [-0.4, -0.2) is 7.11 Å². The van der Waals surface area contributed by atoms with Gasteiger partial charge in [0.25, 0.3) is 0 Å². The van der Waals surface area contributed by atoms with E-state index in [0.29, 0.717) is 6.42 Å². The second kappa shape index (κ2) is 4.51. The Kier molecular flexibility index (Phi) is 3.33. The van der Waals surface area contributed by atoms with Gasteiger partial charge < -0.3 is 4.74 Å². The van der Waals surface area contributed by atoms with E-state index < -0.39 is 0 Å². The molecule has 0 unspecified atom stereocenters. The zero-order chi connectivity index (χ0) is 9.68. The highest BCUT2D eigenvalue weighted by Crippen LogP contribution is 2.20. The van der Waals surface area contributed by atoms with Gasteiger partial charge in [-0.2, -0.15) is 5.26 Å². The minimum atomic E-state index is 0.541. The standard InChI is InChI=1S/C11H13NO/c1-9-5-6-11(13-2)10(8-9)4-3-7-12/h5-6,8H,3-4H2,1-2H3. The van der Waals surface area contributed by atoms with Crippen molar-refractivity contribution in [2.45, 2.75) is 19.8 Å². The summed E-state index contributed by atoms with van der Waals surface area (Å²) in [6.45, 7) is 2.04. The van der Waals surface area contributed by atoms with Crippen LogP contribution in [0.2, 0.25) is 0 Å². The normalized spacial score (nSPS) is 9.31. The van der Waals surface area contributed by atoms with E-state index in [2.05, 4.69) is 12.1 Å². The third kappa shape index (κ3) is 2.48. The Hall–Kier alpha value is -1.49. The third-order valence-corrected chi connectivity index (χ3v) is 1.94. The first-order chi connectivity index (χ1) is 6.27. The zero-order valence-corrected chi connectivity index (χ0v) is 8.00. The minimum absolute atomic E-state index is 0.541. The van der Waals surface area contributed by atoms with E-state index in [0.717, 1.165) is 17.7 Å². The molecule has 1 aromatic carbocycles. The van der Waals surface area contributed by atoms with Crippen LogP contribution in [0.5, 0.6) is 5.75 Å². The largest absolute Gasteiger partial charge is 0.496 e. The number of rotatable bonds is 3. The molecule has 0 fully saturated rings. The smallest absolute Gasteiger partial charge is 0.122 e. The molecule has 0 heterocycles. The number of hydrogen-bond acceptors (Lipinski definition) is 2. The fourth-order valence-corrected chi connectivity index (χ4v) is 1.29. The molecule has 68 valence electrons. The molecule has 1 aromatic rings. The molecule has 2 heteroatoms. The maximum Gasteiger partial charge on any atom is 0.122 e. The molecule has 0 aliphatic rings. The predicted octanol–water partition coefficient (Wildman–Crippen LogP) is 2.46. The summed E-state index contributed by atoms with van der Waals surface area (Å²) in [5, 5.41) is 8.47. The number of aryl methyl sites for hydroxylation is 2. The molecule has 13 heavy (non-hydrogen) atoms. The Morgan fingerprint density at radius 3 is 2.85 bits per heavy atom. The lowest BCUT2D eigenvalue weighted by Gasteiger charge is -2.07. The van der Waals surface area contributed by atoms with Gasteiger partial charge in [-0.3, -0.25) is 0 Å². The van der Waals surface area contributed by atoms with E-state index in [1.54, 1.807) is 7.11 Å². The molecule has 0 saturated heterocycles. The van der Waals surface area contributed by atoms with Crippen molar-refractivity contribution in [3.8, 4) is 11.8 Å². The second-order valence-electron chi connectivity index (χ2n) is 2.97. The third-order valence-electron chi connectivity index (χ3n) is 1.94. The lowest BCUT2D eigenvalue weighted by molar-refractivity contribution is 0.409. The van der Waals surface area contributed by atoms with Crippen molar-refractivity contribution in [3.63, 3.8) is 0 Å². The molecular weight excluding hydrogens is 162 g/mol. The summed E-state index contributed by atoms with van der Waals surface area (Å²) < 4.78 is 5.19. The van der Waals surface area contributed by atoms with Crippen LogP contribution >= 0.6 is 0 Å². The van der Waals surface area contributed by atoms with Gasteiger partial charge in [0, 0.05) is 6.42 Å². The van der Waals surface area contributed by atoms with Crippen LogP contribution in [0.1, 0.15) is 17.5 Å². The number of hydrogen-bond donors (Lipinski definition) is 0. The minimum Gasteiger partial charge on any atom is -0.496 e. The maximum absolute atomic E-state index is 8.47. The van der Waals surface area contributed by atoms with Crippen LogP contribution in [0.25, 0.3) is 0 Å². The molecule has 0 aliphatic heterocycles. The predicted molar refractivity (Wildman–Crippen MR) is 51.7 cm³/mol. The van der Waals surface area contributed by atoms with Crippen molar-refractivity contribution < 1.29 is 4.74 Å². The number of benzene rings is 1. The summed E-state index contributed by atoms with van der Waals surface area (Å²) in [5.41, 5.74) is 2.32. The van der Waals surface area contributed by atoms with Gasteiger partial charge in [-0.1, -0.05) is 17.7 Å². The van der Waals surface area contributed by atoms with E-state index in [1.165, 1.54) is 5.56 Å². The van der Waals surface area contributed by atoms with Crippen LogP contribution in [-0.2, 0) is 6.42 Å². The van der Waals surface area contributed by atoms with Crippen LogP contribution in [0.4, 0.5) is 0 Å². The van der Waals surface area contributed by atoms with Crippen LogP contribution in [0, 0.1) is 18.3 Å². The van der Waals surface area contributed by atoms with E-state index in [-0.39, 0.29) is 0 Å². The van der Waals surface area contributed by atoms with Gasteiger partial charge >= 0.3 is 0 Å². The molecule has 0 atom stereocenters. The number of nitriles is 1. The van der Waals surface area contributed by atoms with Gasteiger partial charge in [0.05, 0.1) is 13.2 Å². The molecule has 0 spiro atoms. The van der Waals surface area contributed by atoms with Crippen molar-refractivity contribution in [3.05, 3.63) is 29.3 Å². The second-order valence-corrected chi connectivity index (χ2v) is 2.97. The average molecular weight is 175 g/mol. The van der Waals surface area contributed by atoms with E-state index in [9.17, 15) is 0 Å². The molecule has 1 rings (SSSR count). The average Bonchev–Trinajstić information content (AvgIpc) is 2.15. The highest BCUT2D eigenvalue weighted by Gasteiger charge is 2.01. The van der Waals surface area contributed by atoms with Crippen molar-refractivity contribution in [1.29, 1.82) is 5.26 Å². The number of methoxy groups -OCH3 is 1. The molecule has 0 aliphatic carbocycles. The first kappa shape index (κ1) is 9.60. The Morgan fingerprint density at radius 1 is 1.46 bits per heavy atom. The van der Waals surface area contributed by atoms with E-state index in [4.69, 9.17) is 10.00 Å². The van der Waals surface area contributed by atoms with E-state index >= 15 is 0 Å². The Bertz CT molecular complexity index is 325. The topological polar surface area (TPSA) is 33.0 Å². The fourth-order valence-electron chi connectivity index (χ4n) is 1.29. The summed E-state index contributed by atoms with van der Waals surface area (Å²) in [5.74, 6) is 0.876. The first-order valence-electron chi connectivity index (χ1n) is 4.28. The van der Waals surface area contributed by atoms with Gasteiger partial charge in [0.1, 0.15) is 5.75 Å². The van der Waals surface area contributed by atoms with Crippen molar-refractivity contribution in [2.75, 3.05) is 7.11 Å². The molecular formula is C11H13NO. The fraction of sp³-hybridized carbons (Fsp3) is 0.364. The van der Waals surface area contributed by atoms with Crippen molar-refractivity contribution in [2.24, 2.45) is 0 Å². The van der Waals surface area contributed by atoms with Crippen LogP contribution < -0.4 is 4.74 Å². The van der Waals surface area contributed by atoms with Crippen molar-refractivity contribution in [1.82, 2.24) is 0 Å². The zero-order valence-electron chi connectivity index (χ0n) is 8.00. The quantitative estimate of drug-likeness (QED) is 0.707.